The van der Waals surface area contributed by atoms with Crippen molar-refractivity contribution in [1.29, 1.82) is 0 Å². The fourth-order valence-electron chi connectivity index (χ4n) is 2.36. The van der Waals surface area contributed by atoms with E-state index >= 15 is 0 Å². The monoisotopic (exact) mass is 809 g/mol. The number of carbonyl (C=O) groups excluding carboxylic acids is 2. The molecule has 1 aromatic carbocycles. The van der Waals surface area contributed by atoms with E-state index in [4.69, 9.17) is 20.4 Å². The molecule has 0 aliphatic carbocycles. The molecule has 0 saturated heterocycles. The van der Waals surface area contributed by atoms with Crippen LogP contribution in [0, 0.1) is 10.7 Å². The normalized spacial score (nSPS) is 14.3. The van der Waals surface area contributed by atoms with Crippen molar-refractivity contribution in [2.45, 2.75) is 31.3 Å². The number of carbonyl (C=O) groups is 3. The molecule has 0 unspecified atom stereocenters. The van der Waals surface area contributed by atoms with Crippen molar-refractivity contribution in [2.75, 3.05) is 32.6 Å². The summed E-state index contributed by atoms with van der Waals surface area (Å²) in [4.78, 5) is 34.6. The lowest BCUT2D eigenvalue weighted by Gasteiger charge is -2.25. The molecule has 1 aromatic rings. The molecule has 12 nitrogen and oxygen atoms in total. The van der Waals surface area contributed by atoms with E-state index in [0.29, 0.717) is 16.4 Å². The Morgan fingerprint density at radius 1 is 0.879 bits per heavy atom. The standard InChI is InChI=1S/C11H9I3N2O4.C7H17NO5/c1-3(17)16-9-7(13)4(10(18)15-2)6(12)5(8(9)14)11(19)20;1-8-2-4(10)6(12)7(13)5(11)3-9/h1-2H3,(H,15,18)(H,16,17)(H,19,20);4-13H,2-3H2,1H3/t;4-,5+,6+,7+/m.1/s1. The van der Waals surface area contributed by atoms with Crippen LogP contribution in [0.3, 0.4) is 0 Å². The molecule has 2 amide bonds. The molecular formula is C18H26I3N3O9. The lowest BCUT2D eigenvalue weighted by atomic mass is 10.0. The van der Waals surface area contributed by atoms with Gasteiger partial charge >= 0.3 is 5.97 Å². The first-order chi connectivity index (χ1) is 15.3. The highest BCUT2D eigenvalue weighted by molar-refractivity contribution is 14.1. The van der Waals surface area contributed by atoms with Gasteiger partial charge in [-0.2, -0.15) is 0 Å². The van der Waals surface area contributed by atoms with Gasteiger partial charge in [0.15, 0.2) is 0 Å². The molecule has 0 fully saturated rings. The minimum Gasteiger partial charge on any atom is -0.478 e. The van der Waals surface area contributed by atoms with Crippen molar-refractivity contribution < 1.29 is 45.0 Å². The number of carboxylic acid groups (broad SMARTS) is 1. The summed E-state index contributed by atoms with van der Waals surface area (Å²) in [5, 5.41) is 61.8. The van der Waals surface area contributed by atoms with Crippen LogP contribution in [0.2, 0.25) is 0 Å². The van der Waals surface area contributed by atoms with Crippen LogP contribution < -0.4 is 16.0 Å². The van der Waals surface area contributed by atoms with Gasteiger partial charge in [0.2, 0.25) is 5.91 Å². The van der Waals surface area contributed by atoms with Gasteiger partial charge < -0.3 is 46.6 Å². The Bertz CT molecular complexity index is 857. The smallest absolute Gasteiger partial charge is 0.337 e. The summed E-state index contributed by atoms with van der Waals surface area (Å²) in [6, 6.07) is 0. The summed E-state index contributed by atoms with van der Waals surface area (Å²) in [6.07, 6.45) is -5.65. The van der Waals surface area contributed by atoms with E-state index in [1.54, 1.807) is 7.05 Å². The largest absolute Gasteiger partial charge is 0.478 e. The number of anilines is 1. The summed E-state index contributed by atoms with van der Waals surface area (Å²) < 4.78 is 1.25. The van der Waals surface area contributed by atoms with E-state index in [9.17, 15) is 24.6 Å². The van der Waals surface area contributed by atoms with Gasteiger partial charge in [0.1, 0.15) is 18.3 Å². The SMILES string of the molecule is CNC(=O)c1c(I)c(NC(C)=O)c(I)c(C(=O)O)c1I.CNC[C@@H](O)[C@H](O)[C@@H](O)[C@@H](O)CO. The molecule has 0 saturated carbocycles. The average Bonchev–Trinajstić information content (AvgIpc) is 2.75. The van der Waals surface area contributed by atoms with Gasteiger partial charge in [-0.25, -0.2) is 4.79 Å². The molecule has 15 heteroatoms. The highest BCUT2D eigenvalue weighted by Gasteiger charge is 2.29. The summed E-state index contributed by atoms with van der Waals surface area (Å²) in [7, 11) is 3.04. The zero-order valence-corrected chi connectivity index (χ0v) is 24.2. The summed E-state index contributed by atoms with van der Waals surface area (Å²) >= 11 is 5.61. The summed E-state index contributed by atoms with van der Waals surface area (Å²) in [5.41, 5.74) is 0.597. The van der Waals surface area contributed by atoms with E-state index in [2.05, 4.69) is 16.0 Å². The Hall–Kier alpha value is -0.420. The second kappa shape index (κ2) is 15.5. The highest BCUT2D eigenvalue weighted by atomic mass is 127. The Kier molecular flexibility index (Phi) is 15.4. The van der Waals surface area contributed by atoms with Crippen LogP contribution in [0.5, 0.6) is 0 Å². The third-order valence-corrected chi connectivity index (χ3v) is 7.26. The van der Waals surface area contributed by atoms with E-state index in [0.717, 1.165) is 0 Å². The number of aromatic carboxylic acids is 1. The number of rotatable bonds is 9. The fraction of sp³-hybridized carbons (Fsp3) is 0.500. The van der Waals surface area contributed by atoms with Crippen LogP contribution in [-0.2, 0) is 4.79 Å². The van der Waals surface area contributed by atoms with E-state index in [1.807, 2.05) is 67.8 Å². The van der Waals surface area contributed by atoms with E-state index in [1.165, 1.54) is 14.0 Å². The Balaban J connectivity index is 0.000000684. The first kappa shape index (κ1) is 32.6. The number of nitrogens with one attached hydrogen (secondary N) is 3. The van der Waals surface area contributed by atoms with Crippen LogP contribution in [0.4, 0.5) is 5.69 Å². The predicted molar refractivity (Wildman–Crippen MR) is 144 cm³/mol. The quantitative estimate of drug-likeness (QED) is 0.141. The van der Waals surface area contributed by atoms with Gasteiger partial charge in [-0.3, -0.25) is 9.59 Å². The number of likely N-dealkylation sites (N-methyl/N-ethyl adjacent to an activating group) is 1. The zero-order chi connectivity index (χ0) is 26.0. The number of hydrogen-bond donors (Lipinski definition) is 9. The van der Waals surface area contributed by atoms with E-state index in [-0.39, 0.29) is 23.6 Å². The number of halogens is 3. The molecule has 0 radical (unpaired) electrons. The Labute approximate surface area is 231 Å². The van der Waals surface area contributed by atoms with Gasteiger partial charge in [0.25, 0.3) is 5.91 Å². The lowest BCUT2D eigenvalue weighted by molar-refractivity contribution is -0.114. The zero-order valence-electron chi connectivity index (χ0n) is 17.8. The molecule has 188 valence electrons. The minimum atomic E-state index is -1.55. The molecule has 0 bridgehead atoms. The maximum Gasteiger partial charge on any atom is 0.337 e. The van der Waals surface area contributed by atoms with Gasteiger partial charge in [0.05, 0.1) is 36.7 Å². The van der Waals surface area contributed by atoms with Gasteiger partial charge in [-0.05, 0) is 74.8 Å². The molecule has 1 rings (SSSR count). The molecular weight excluding hydrogens is 783 g/mol. The molecule has 4 atom stereocenters. The number of benzene rings is 1. The summed E-state index contributed by atoms with van der Waals surface area (Å²) in [6.45, 7) is 0.755. The third kappa shape index (κ3) is 9.28. The third-order valence-electron chi connectivity index (χ3n) is 4.02. The maximum atomic E-state index is 12.0. The molecule has 0 aliphatic heterocycles. The highest BCUT2D eigenvalue weighted by Crippen LogP contribution is 2.35. The maximum absolute atomic E-state index is 12.0. The second-order valence-electron chi connectivity index (χ2n) is 6.49. The van der Waals surface area contributed by atoms with Gasteiger partial charge in [-0.1, -0.05) is 0 Å². The van der Waals surface area contributed by atoms with Crippen molar-refractivity contribution >= 4 is 91.2 Å². The molecule has 9 N–H and O–H groups in total. The van der Waals surface area contributed by atoms with Crippen molar-refractivity contribution in [3.63, 3.8) is 0 Å². The van der Waals surface area contributed by atoms with Crippen molar-refractivity contribution in [2.24, 2.45) is 0 Å². The molecule has 0 heterocycles. The fourth-order valence-corrected chi connectivity index (χ4v) is 6.74. The first-order valence-corrected chi connectivity index (χ1v) is 12.4. The number of hydrogen-bond acceptors (Lipinski definition) is 9. The number of amides is 2. The topological polar surface area (TPSA) is 209 Å². The van der Waals surface area contributed by atoms with Crippen LogP contribution in [0.15, 0.2) is 0 Å². The lowest BCUT2D eigenvalue weighted by Crippen LogP contribution is -2.48. The number of aliphatic hydroxyl groups is 5. The molecule has 0 aromatic heterocycles. The van der Waals surface area contributed by atoms with E-state index < -0.39 is 42.9 Å². The minimum absolute atomic E-state index is 0.00830. The van der Waals surface area contributed by atoms with Crippen molar-refractivity contribution in [1.82, 2.24) is 10.6 Å². The van der Waals surface area contributed by atoms with Crippen LogP contribution >= 0.6 is 67.8 Å². The Morgan fingerprint density at radius 3 is 1.76 bits per heavy atom. The van der Waals surface area contributed by atoms with Gasteiger partial charge in [-0.15, -0.1) is 0 Å². The molecule has 0 aliphatic rings. The molecule has 0 spiro atoms. The van der Waals surface area contributed by atoms with Crippen LogP contribution in [-0.4, -0.2) is 100 Å². The van der Waals surface area contributed by atoms with Crippen molar-refractivity contribution in [3.05, 3.63) is 21.8 Å². The average molecular weight is 809 g/mol. The second-order valence-corrected chi connectivity index (χ2v) is 9.72. The van der Waals surface area contributed by atoms with Crippen molar-refractivity contribution in [3.8, 4) is 0 Å². The Morgan fingerprint density at radius 2 is 1.36 bits per heavy atom. The van der Waals surface area contributed by atoms with Gasteiger partial charge in [0, 0.05) is 24.1 Å². The summed E-state index contributed by atoms with van der Waals surface area (Å²) in [5.74, 6) is -1.88. The van der Waals surface area contributed by atoms with Crippen LogP contribution in [0.25, 0.3) is 0 Å². The van der Waals surface area contributed by atoms with Crippen LogP contribution in [0.1, 0.15) is 27.6 Å². The number of carboxylic acids is 1. The molecule has 33 heavy (non-hydrogen) atoms. The predicted octanol–water partition coefficient (Wildman–Crippen LogP) is -0.842. The first-order valence-electron chi connectivity index (χ1n) is 9.17. The number of aliphatic hydroxyl groups excluding tert-OH is 5.